The second-order valence-electron chi connectivity index (χ2n) is 4.70. The van der Waals surface area contributed by atoms with Gasteiger partial charge in [0.25, 0.3) is 0 Å². The Morgan fingerprint density at radius 2 is 1.75 bits per heavy atom. The molecule has 0 amide bonds. The molecule has 3 nitrogen and oxygen atoms in total. The third kappa shape index (κ3) is 2.18. The normalized spacial score (nSPS) is 10.7. The summed E-state index contributed by atoms with van der Waals surface area (Å²) < 4.78 is 10.9. The Morgan fingerprint density at radius 3 is 2.45 bits per heavy atom. The summed E-state index contributed by atoms with van der Waals surface area (Å²) in [6.07, 6.45) is 0. The molecule has 0 saturated carbocycles. The van der Waals surface area contributed by atoms with E-state index >= 15 is 0 Å². The first kappa shape index (κ1) is 12.5. The van der Waals surface area contributed by atoms with Gasteiger partial charge in [0.05, 0.1) is 12.5 Å². The Hall–Kier alpha value is -2.55. The molecule has 3 rings (SSSR count). The average Bonchev–Trinajstić information content (AvgIpc) is 2.48. The van der Waals surface area contributed by atoms with E-state index in [1.807, 2.05) is 49.4 Å². The van der Waals surface area contributed by atoms with Crippen LogP contribution >= 0.6 is 0 Å². The van der Waals surface area contributed by atoms with Crippen LogP contribution in [-0.4, -0.2) is 7.11 Å². The fourth-order valence-corrected chi connectivity index (χ4v) is 2.17. The van der Waals surface area contributed by atoms with Gasteiger partial charge in [-0.05, 0) is 43.3 Å². The first-order valence-electron chi connectivity index (χ1n) is 6.36. The number of hydrogen-bond acceptors (Lipinski definition) is 3. The summed E-state index contributed by atoms with van der Waals surface area (Å²) in [5, 5.41) is 0.613. The first-order chi connectivity index (χ1) is 9.67. The van der Waals surface area contributed by atoms with Crippen molar-refractivity contribution in [1.29, 1.82) is 0 Å². The summed E-state index contributed by atoms with van der Waals surface area (Å²) in [6, 6.07) is 14.6. The van der Waals surface area contributed by atoms with Crippen molar-refractivity contribution < 1.29 is 9.15 Å². The maximum atomic E-state index is 12.2. The van der Waals surface area contributed by atoms with Crippen LogP contribution in [0.3, 0.4) is 0 Å². The van der Waals surface area contributed by atoms with E-state index in [-0.39, 0.29) is 5.43 Å². The molecule has 0 unspecified atom stereocenters. The Morgan fingerprint density at radius 1 is 1.00 bits per heavy atom. The fourth-order valence-electron chi connectivity index (χ4n) is 2.17. The summed E-state index contributed by atoms with van der Waals surface area (Å²) in [6.45, 7) is 1.95. The number of methoxy groups -OCH3 is 1. The molecule has 0 N–H and O–H groups in total. The summed E-state index contributed by atoms with van der Waals surface area (Å²) in [5.41, 5.74) is 2.47. The van der Waals surface area contributed by atoms with Gasteiger partial charge in [-0.25, -0.2) is 0 Å². The fraction of sp³-hybridized carbons (Fsp3) is 0.118. The van der Waals surface area contributed by atoms with Crippen LogP contribution in [0.5, 0.6) is 5.75 Å². The standard InChI is InChI=1S/C17H14O3/c1-11-3-8-16-14(9-11)15(18)10-17(20-16)12-4-6-13(19-2)7-5-12/h3-10H,1-2H3. The zero-order valence-electron chi connectivity index (χ0n) is 11.3. The summed E-state index contributed by atoms with van der Waals surface area (Å²) in [5.74, 6) is 1.33. The number of rotatable bonds is 2. The van der Waals surface area contributed by atoms with Crippen molar-refractivity contribution in [3.05, 3.63) is 64.3 Å². The van der Waals surface area contributed by atoms with Crippen LogP contribution in [-0.2, 0) is 0 Å². The molecule has 3 aromatic rings. The Bertz CT molecular complexity index is 814. The molecule has 0 aliphatic rings. The molecule has 0 bridgehead atoms. The van der Waals surface area contributed by atoms with E-state index in [0.717, 1.165) is 16.9 Å². The van der Waals surface area contributed by atoms with Crippen molar-refractivity contribution in [2.45, 2.75) is 6.92 Å². The largest absolute Gasteiger partial charge is 0.497 e. The lowest BCUT2D eigenvalue weighted by Gasteiger charge is -2.05. The van der Waals surface area contributed by atoms with Gasteiger partial charge in [-0.2, -0.15) is 0 Å². The molecular weight excluding hydrogens is 252 g/mol. The Kier molecular flexibility index (Phi) is 3.03. The first-order valence-corrected chi connectivity index (χ1v) is 6.36. The molecule has 0 atom stereocenters. The minimum absolute atomic E-state index is 0.0271. The van der Waals surface area contributed by atoms with Crippen molar-refractivity contribution in [3.63, 3.8) is 0 Å². The predicted molar refractivity (Wildman–Crippen MR) is 79.2 cm³/mol. The highest BCUT2D eigenvalue weighted by Gasteiger charge is 2.07. The number of ether oxygens (including phenoxy) is 1. The number of benzene rings is 2. The molecule has 1 aromatic heterocycles. The monoisotopic (exact) mass is 266 g/mol. The van der Waals surface area contributed by atoms with Crippen LogP contribution < -0.4 is 10.2 Å². The van der Waals surface area contributed by atoms with E-state index in [0.29, 0.717) is 16.7 Å². The lowest BCUT2D eigenvalue weighted by atomic mass is 10.1. The molecule has 0 radical (unpaired) electrons. The maximum Gasteiger partial charge on any atom is 0.193 e. The highest BCUT2D eigenvalue weighted by Crippen LogP contribution is 2.24. The van der Waals surface area contributed by atoms with Crippen LogP contribution in [0.2, 0.25) is 0 Å². The predicted octanol–water partition coefficient (Wildman–Crippen LogP) is 3.78. The van der Waals surface area contributed by atoms with Crippen LogP contribution in [0.25, 0.3) is 22.3 Å². The van der Waals surface area contributed by atoms with Crippen LogP contribution in [0.15, 0.2) is 57.7 Å². The van der Waals surface area contributed by atoms with E-state index in [2.05, 4.69) is 0 Å². The number of aryl methyl sites for hydroxylation is 1. The lowest BCUT2D eigenvalue weighted by molar-refractivity contribution is 0.415. The lowest BCUT2D eigenvalue weighted by Crippen LogP contribution is -2.00. The van der Waals surface area contributed by atoms with E-state index in [1.54, 1.807) is 7.11 Å². The smallest absolute Gasteiger partial charge is 0.193 e. The maximum absolute atomic E-state index is 12.2. The molecular formula is C17H14O3. The molecule has 0 saturated heterocycles. The average molecular weight is 266 g/mol. The van der Waals surface area contributed by atoms with Crippen molar-refractivity contribution in [2.75, 3.05) is 7.11 Å². The molecule has 2 aromatic carbocycles. The van der Waals surface area contributed by atoms with Crippen molar-refractivity contribution >= 4 is 11.0 Å². The quantitative estimate of drug-likeness (QED) is 0.708. The molecule has 0 aliphatic carbocycles. The number of hydrogen-bond donors (Lipinski definition) is 0. The molecule has 0 fully saturated rings. The highest BCUT2D eigenvalue weighted by atomic mass is 16.5. The van der Waals surface area contributed by atoms with Crippen LogP contribution in [0, 0.1) is 6.92 Å². The van der Waals surface area contributed by atoms with E-state index < -0.39 is 0 Å². The molecule has 0 spiro atoms. The van der Waals surface area contributed by atoms with Crippen molar-refractivity contribution in [2.24, 2.45) is 0 Å². The van der Waals surface area contributed by atoms with Gasteiger partial charge in [-0.1, -0.05) is 11.6 Å². The van der Waals surface area contributed by atoms with Gasteiger partial charge in [0.2, 0.25) is 0 Å². The second-order valence-corrected chi connectivity index (χ2v) is 4.70. The number of fused-ring (bicyclic) bond motifs is 1. The SMILES string of the molecule is COc1ccc(-c2cc(=O)c3cc(C)ccc3o2)cc1. The molecule has 3 heteroatoms. The van der Waals surface area contributed by atoms with Gasteiger partial charge in [-0.3, -0.25) is 4.79 Å². The van der Waals surface area contributed by atoms with E-state index in [4.69, 9.17) is 9.15 Å². The van der Waals surface area contributed by atoms with Gasteiger partial charge in [0, 0.05) is 11.6 Å². The molecule has 20 heavy (non-hydrogen) atoms. The Balaban J connectivity index is 2.16. The van der Waals surface area contributed by atoms with Gasteiger partial charge >= 0.3 is 0 Å². The van der Waals surface area contributed by atoms with Crippen LogP contribution in [0.1, 0.15) is 5.56 Å². The van der Waals surface area contributed by atoms with Gasteiger partial charge < -0.3 is 9.15 Å². The van der Waals surface area contributed by atoms with E-state index in [1.165, 1.54) is 6.07 Å². The van der Waals surface area contributed by atoms with Gasteiger partial charge in [-0.15, -0.1) is 0 Å². The highest BCUT2D eigenvalue weighted by molar-refractivity contribution is 5.79. The zero-order valence-corrected chi connectivity index (χ0v) is 11.3. The minimum atomic E-state index is -0.0271. The Labute approximate surface area is 116 Å². The minimum Gasteiger partial charge on any atom is -0.497 e. The van der Waals surface area contributed by atoms with Crippen molar-refractivity contribution in [3.8, 4) is 17.1 Å². The third-order valence-corrected chi connectivity index (χ3v) is 3.26. The van der Waals surface area contributed by atoms with Crippen LogP contribution in [0.4, 0.5) is 0 Å². The molecule has 0 aliphatic heterocycles. The molecule has 100 valence electrons. The van der Waals surface area contributed by atoms with E-state index in [9.17, 15) is 4.79 Å². The summed E-state index contributed by atoms with van der Waals surface area (Å²) in [4.78, 5) is 12.2. The second kappa shape index (κ2) is 4.85. The van der Waals surface area contributed by atoms with Crippen molar-refractivity contribution in [1.82, 2.24) is 0 Å². The topological polar surface area (TPSA) is 39.4 Å². The molecule has 1 heterocycles. The van der Waals surface area contributed by atoms with Gasteiger partial charge in [0.15, 0.2) is 5.43 Å². The zero-order chi connectivity index (χ0) is 14.1. The summed E-state index contributed by atoms with van der Waals surface area (Å²) >= 11 is 0. The summed E-state index contributed by atoms with van der Waals surface area (Å²) in [7, 11) is 1.62. The van der Waals surface area contributed by atoms with Gasteiger partial charge in [0.1, 0.15) is 17.1 Å². The third-order valence-electron chi connectivity index (χ3n) is 3.26.